The van der Waals surface area contributed by atoms with Crippen molar-refractivity contribution in [2.24, 2.45) is 4.99 Å². The van der Waals surface area contributed by atoms with E-state index in [9.17, 15) is 4.79 Å². The number of aliphatic carboxylic acids is 1. The summed E-state index contributed by atoms with van der Waals surface area (Å²) >= 11 is 0. The average Bonchev–Trinajstić information content (AvgIpc) is 3.01. The van der Waals surface area contributed by atoms with Crippen molar-refractivity contribution in [3.8, 4) is 11.5 Å². The average molecular weight is 420 g/mol. The van der Waals surface area contributed by atoms with E-state index in [0.29, 0.717) is 6.61 Å². The number of hydrogen-bond donors (Lipinski definition) is 1. The van der Waals surface area contributed by atoms with Gasteiger partial charge in [0.2, 0.25) is 0 Å². The molecule has 4 rings (SSSR count). The van der Waals surface area contributed by atoms with Gasteiger partial charge in [0.1, 0.15) is 5.60 Å². The SMILES string of the molecule is CCOc1cc2c(c3c1OC(C)(C)C3)C(c1ccc(/C=C/C(=O)O)cc1)=NC(C)(C)C2. The minimum absolute atomic E-state index is 0.239. The van der Waals surface area contributed by atoms with Crippen LogP contribution in [0.25, 0.3) is 6.08 Å². The Kier molecular flexibility index (Phi) is 5.16. The van der Waals surface area contributed by atoms with E-state index in [1.54, 1.807) is 6.08 Å². The Morgan fingerprint density at radius 1 is 1.19 bits per heavy atom. The smallest absolute Gasteiger partial charge is 0.328 e. The summed E-state index contributed by atoms with van der Waals surface area (Å²) in [5.41, 5.74) is 5.81. The van der Waals surface area contributed by atoms with Gasteiger partial charge in [-0.15, -0.1) is 0 Å². The van der Waals surface area contributed by atoms with Gasteiger partial charge in [-0.05, 0) is 64.3 Å². The summed E-state index contributed by atoms with van der Waals surface area (Å²) in [6.07, 6.45) is 4.37. The minimum Gasteiger partial charge on any atom is -0.490 e. The van der Waals surface area contributed by atoms with Gasteiger partial charge >= 0.3 is 5.97 Å². The molecule has 0 atom stereocenters. The van der Waals surface area contributed by atoms with Crippen LogP contribution >= 0.6 is 0 Å². The standard InChI is InChI=1S/C26H29NO4/c1-6-30-20-13-18-14-25(2,3)27-23(22(18)19-15-26(4,5)31-24(19)20)17-10-7-16(8-11-17)9-12-21(28)29/h7-13H,6,14-15H2,1-5H3,(H,28,29)/b12-9+. The number of aliphatic imine (C=N–C) groups is 1. The van der Waals surface area contributed by atoms with Crippen molar-refractivity contribution in [3.63, 3.8) is 0 Å². The van der Waals surface area contributed by atoms with Gasteiger partial charge in [-0.3, -0.25) is 4.99 Å². The van der Waals surface area contributed by atoms with Gasteiger partial charge in [-0.1, -0.05) is 24.3 Å². The quantitative estimate of drug-likeness (QED) is 0.687. The van der Waals surface area contributed by atoms with E-state index in [0.717, 1.165) is 58.4 Å². The van der Waals surface area contributed by atoms with Crippen LogP contribution in [0.4, 0.5) is 0 Å². The van der Waals surface area contributed by atoms with E-state index in [4.69, 9.17) is 19.6 Å². The first-order chi connectivity index (χ1) is 14.6. The number of hydrogen-bond acceptors (Lipinski definition) is 4. The summed E-state index contributed by atoms with van der Waals surface area (Å²) in [6.45, 7) is 11.1. The molecule has 0 aromatic heterocycles. The maximum absolute atomic E-state index is 10.8. The van der Waals surface area contributed by atoms with Crippen LogP contribution in [0.15, 0.2) is 41.4 Å². The molecule has 1 N–H and O–H groups in total. The third kappa shape index (κ3) is 4.22. The monoisotopic (exact) mass is 419 g/mol. The minimum atomic E-state index is -0.959. The number of fused-ring (bicyclic) bond motifs is 3. The molecule has 2 aromatic rings. The van der Waals surface area contributed by atoms with Crippen LogP contribution < -0.4 is 9.47 Å². The highest BCUT2D eigenvalue weighted by molar-refractivity contribution is 6.16. The number of ether oxygens (including phenoxy) is 2. The van der Waals surface area contributed by atoms with Crippen molar-refractivity contribution in [2.75, 3.05) is 6.61 Å². The second kappa shape index (κ2) is 7.56. The highest BCUT2D eigenvalue weighted by Crippen LogP contribution is 2.48. The summed E-state index contributed by atoms with van der Waals surface area (Å²) in [7, 11) is 0. The summed E-state index contributed by atoms with van der Waals surface area (Å²) in [5.74, 6) is 0.687. The summed E-state index contributed by atoms with van der Waals surface area (Å²) in [5, 5.41) is 8.86. The maximum atomic E-state index is 10.8. The number of benzene rings is 2. The molecule has 0 fully saturated rings. The highest BCUT2D eigenvalue weighted by atomic mass is 16.5. The zero-order valence-electron chi connectivity index (χ0n) is 18.8. The molecule has 162 valence electrons. The van der Waals surface area contributed by atoms with Crippen molar-refractivity contribution in [1.29, 1.82) is 0 Å². The molecule has 2 heterocycles. The third-order valence-corrected chi connectivity index (χ3v) is 5.58. The predicted molar refractivity (Wildman–Crippen MR) is 123 cm³/mol. The van der Waals surface area contributed by atoms with Crippen LogP contribution in [0, 0.1) is 0 Å². The summed E-state index contributed by atoms with van der Waals surface area (Å²) in [6, 6.07) is 9.99. The fourth-order valence-corrected chi connectivity index (χ4v) is 4.46. The molecule has 5 heteroatoms. The molecule has 0 unspecified atom stereocenters. The Balaban J connectivity index is 1.85. The van der Waals surface area contributed by atoms with Gasteiger partial charge in [0.15, 0.2) is 11.5 Å². The molecule has 0 aliphatic carbocycles. The van der Waals surface area contributed by atoms with Crippen molar-refractivity contribution in [2.45, 2.75) is 58.6 Å². The van der Waals surface area contributed by atoms with Gasteiger partial charge in [0.25, 0.3) is 0 Å². The number of carboxylic acids is 1. The normalized spacial score (nSPS) is 18.2. The molecule has 0 amide bonds. The number of carboxylic acid groups (broad SMARTS) is 1. The maximum Gasteiger partial charge on any atom is 0.328 e. The van der Waals surface area contributed by atoms with E-state index >= 15 is 0 Å². The lowest BCUT2D eigenvalue weighted by Crippen LogP contribution is -2.30. The first-order valence-corrected chi connectivity index (χ1v) is 10.7. The summed E-state index contributed by atoms with van der Waals surface area (Å²) < 4.78 is 12.3. The first-order valence-electron chi connectivity index (χ1n) is 10.7. The number of rotatable bonds is 5. The van der Waals surface area contributed by atoms with Crippen LogP contribution in [0.3, 0.4) is 0 Å². The van der Waals surface area contributed by atoms with Gasteiger partial charge in [0.05, 0.1) is 17.9 Å². The van der Waals surface area contributed by atoms with Gasteiger partial charge in [-0.25, -0.2) is 4.79 Å². The molecule has 2 aliphatic heterocycles. The zero-order chi connectivity index (χ0) is 22.4. The Morgan fingerprint density at radius 3 is 2.55 bits per heavy atom. The van der Waals surface area contributed by atoms with E-state index in [-0.39, 0.29) is 11.1 Å². The van der Waals surface area contributed by atoms with E-state index in [2.05, 4.69) is 33.8 Å². The van der Waals surface area contributed by atoms with Crippen LogP contribution in [-0.4, -0.2) is 34.5 Å². The Hall–Kier alpha value is -3.08. The molecule has 0 bridgehead atoms. The van der Waals surface area contributed by atoms with Crippen molar-refractivity contribution < 1.29 is 19.4 Å². The van der Waals surface area contributed by atoms with Crippen LogP contribution in [0.5, 0.6) is 11.5 Å². The lowest BCUT2D eigenvalue weighted by molar-refractivity contribution is -0.131. The molecule has 2 aromatic carbocycles. The Bertz CT molecular complexity index is 1090. The second-order valence-electron chi connectivity index (χ2n) is 9.43. The topological polar surface area (TPSA) is 68.1 Å². The molecule has 31 heavy (non-hydrogen) atoms. The predicted octanol–water partition coefficient (Wildman–Crippen LogP) is 5.07. The van der Waals surface area contributed by atoms with E-state index in [1.165, 1.54) is 5.56 Å². The molecule has 0 saturated heterocycles. The lowest BCUT2D eigenvalue weighted by Gasteiger charge is -2.31. The molecule has 2 aliphatic rings. The second-order valence-corrected chi connectivity index (χ2v) is 9.43. The van der Waals surface area contributed by atoms with Crippen LogP contribution in [0.1, 0.15) is 62.4 Å². The lowest BCUT2D eigenvalue weighted by atomic mass is 9.81. The number of nitrogens with zero attached hydrogens (tertiary/aromatic N) is 1. The van der Waals surface area contributed by atoms with Gasteiger partial charge in [-0.2, -0.15) is 0 Å². The molecule has 0 spiro atoms. The zero-order valence-corrected chi connectivity index (χ0v) is 18.8. The molecule has 0 radical (unpaired) electrons. The fraction of sp³-hybridized carbons (Fsp3) is 0.385. The molecular weight excluding hydrogens is 390 g/mol. The Morgan fingerprint density at radius 2 is 1.90 bits per heavy atom. The molecule has 0 saturated carbocycles. The van der Waals surface area contributed by atoms with E-state index in [1.807, 2.05) is 31.2 Å². The van der Waals surface area contributed by atoms with Crippen LogP contribution in [-0.2, 0) is 17.6 Å². The van der Waals surface area contributed by atoms with Gasteiger partial charge < -0.3 is 14.6 Å². The highest BCUT2D eigenvalue weighted by Gasteiger charge is 2.39. The van der Waals surface area contributed by atoms with Crippen molar-refractivity contribution in [3.05, 3.63) is 64.2 Å². The van der Waals surface area contributed by atoms with E-state index < -0.39 is 5.97 Å². The largest absolute Gasteiger partial charge is 0.490 e. The first kappa shape index (κ1) is 21.2. The third-order valence-electron chi connectivity index (χ3n) is 5.58. The molecule has 5 nitrogen and oxygen atoms in total. The van der Waals surface area contributed by atoms with Gasteiger partial charge in [0, 0.05) is 29.2 Å². The van der Waals surface area contributed by atoms with Crippen molar-refractivity contribution >= 4 is 17.8 Å². The van der Waals surface area contributed by atoms with Crippen molar-refractivity contribution in [1.82, 2.24) is 0 Å². The summed E-state index contributed by atoms with van der Waals surface area (Å²) in [4.78, 5) is 15.9. The molecular formula is C26H29NO4. The van der Waals surface area contributed by atoms with Crippen LogP contribution in [0.2, 0.25) is 0 Å². The fourth-order valence-electron chi connectivity index (χ4n) is 4.46. The Labute approximate surface area is 183 Å². The number of carbonyl (C=O) groups is 1.